The highest BCUT2D eigenvalue weighted by molar-refractivity contribution is 5.95. The molecule has 2 aromatic heterocycles. The zero-order chi connectivity index (χ0) is 22.8. The lowest BCUT2D eigenvalue weighted by Crippen LogP contribution is -2.51. The molecule has 5 rings (SSSR count). The molecule has 2 aliphatic heterocycles. The van der Waals surface area contributed by atoms with Gasteiger partial charge in [0.2, 0.25) is 0 Å². The van der Waals surface area contributed by atoms with Crippen molar-refractivity contribution in [1.29, 1.82) is 0 Å². The van der Waals surface area contributed by atoms with E-state index in [1.165, 1.54) is 31.9 Å². The average Bonchev–Trinajstić information content (AvgIpc) is 3.58. The maximum Gasteiger partial charge on any atom is 0.289 e. The first-order chi connectivity index (χ1) is 16.1. The number of hydrogen-bond donors (Lipinski definition) is 0. The van der Waals surface area contributed by atoms with E-state index < -0.39 is 0 Å². The number of hydrogen-bond acceptors (Lipinski definition) is 5. The molecule has 7 heteroatoms. The highest BCUT2D eigenvalue weighted by Gasteiger charge is 2.32. The first kappa shape index (κ1) is 22.1. The number of aryl methyl sites for hydroxylation is 1. The Morgan fingerprint density at radius 3 is 2.24 bits per heavy atom. The largest absolute Gasteiger partial charge is 0.459 e. The lowest BCUT2D eigenvalue weighted by atomic mass is 9.89. The minimum absolute atomic E-state index is 0.0629. The summed E-state index contributed by atoms with van der Waals surface area (Å²) < 4.78 is 5.28. The number of nitrogens with zero attached hydrogens (tertiary/aromatic N) is 4. The molecule has 0 spiro atoms. The van der Waals surface area contributed by atoms with Crippen molar-refractivity contribution in [2.24, 2.45) is 0 Å². The molecule has 1 saturated carbocycles. The van der Waals surface area contributed by atoms with Crippen LogP contribution in [-0.2, 0) is 0 Å². The molecule has 1 aliphatic carbocycles. The minimum Gasteiger partial charge on any atom is -0.459 e. The summed E-state index contributed by atoms with van der Waals surface area (Å²) >= 11 is 0. The lowest BCUT2D eigenvalue weighted by molar-refractivity contribution is 0.0568. The van der Waals surface area contributed by atoms with Crippen molar-refractivity contribution in [1.82, 2.24) is 19.7 Å². The second-order valence-electron chi connectivity index (χ2n) is 9.70. The molecular weight excluding hydrogens is 416 g/mol. The van der Waals surface area contributed by atoms with Gasteiger partial charge in [0.15, 0.2) is 5.76 Å². The number of carbonyl (C=O) groups excluding carboxylic acids is 2. The summed E-state index contributed by atoms with van der Waals surface area (Å²) in [7, 11) is 0. The van der Waals surface area contributed by atoms with Crippen molar-refractivity contribution in [2.75, 3.05) is 39.3 Å². The summed E-state index contributed by atoms with van der Waals surface area (Å²) in [4.78, 5) is 37.4. The maximum atomic E-state index is 13.5. The third kappa shape index (κ3) is 4.69. The Balaban J connectivity index is 1.25. The second-order valence-corrected chi connectivity index (χ2v) is 9.70. The smallest absolute Gasteiger partial charge is 0.289 e. The van der Waals surface area contributed by atoms with Gasteiger partial charge in [-0.15, -0.1) is 0 Å². The molecule has 3 fully saturated rings. The van der Waals surface area contributed by atoms with E-state index in [1.807, 2.05) is 28.9 Å². The van der Waals surface area contributed by atoms with E-state index >= 15 is 0 Å². The van der Waals surface area contributed by atoms with Gasteiger partial charge in [-0.05, 0) is 56.9 Å². The third-order valence-corrected chi connectivity index (χ3v) is 7.64. The summed E-state index contributed by atoms with van der Waals surface area (Å²) in [5.41, 5.74) is 2.58. The molecule has 176 valence electrons. The van der Waals surface area contributed by atoms with Crippen LogP contribution in [0.5, 0.6) is 0 Å². The Labute approximate surface area is 195 Å². The van der Waals surface area contributed by atoms with Crippen molar-refractivity contribution in [3.05, 3.63) is 53.2 Å². The minimum atomic E-state index is -0.0629. The van der Waals surface area contributed by atoms with E-state index in [0.29, 0.717) is 24.9 Å². The van der Waals surface area contributed by atoms with Crippen molar-refractivity contribution >= 4 is 11.8 Å². The van der Waals surface area contributed by atoms with Crippen molar-refractivity contribution < 1.29 is 14.0 Å². The first-order valence-electron chi connectivity index (χ1n) is 12.4. The van der Waals surface area contributed by atoms with Crippen LogP contribution in [0.25, 0.3) is 0 Å². The highest BCUT2D eigenvalue weighted by atomic mass is 16.3. The molecule has 0 N–H and O–H groups in total. The normalized spacial score (nSPS) is 21.0. The molecule has 3 aliphatic rings. The van der Waals surface area contributed by atoms with Crippen LogP contribution in [-0.4, -0.2) is 76.8 Å². The first-order valence-corrected chi connectivity index (χ1v) is 12.4. The fourth-order valence-electron chi connectivity index (χ4n) is 5.71. The van der Waals surface area contributed by atoms with Crippen LogP contribution in [0.15, 0.2) is 34.9 Å². The molecular formula is C26H34N4O3. The number of pyridine rings is 1. The van der Waals surface area contributed by atoms with Gasteiger partial charge in [-0.3, -0.25) is 19.5 Å². The Morgan fingerprint density at radius 1 is 0.879 bits per heavy atom. The molecule has 2 saturated heterocycles. The maximum absolute atomic E-state index is 13.5. The molecule has 2 amide bonds. The highest BCUT2D eigenvalue weighted by Crippen LogP contribution is 2.31. The van der Waals surface area contributed by atoms with Gasteiger partial charge in [0.1, 0.15) is 0 Å². The van der Waals surface area contributed by atoms with Gasteiger partial charge >= 0.3 is 0 Å². The van der Waals surface area contributed by atoms with Crippen molar-refractivity contribution in [3.8, 4) is 0 Å². The zero-order valence-electron chi connectivity index (χ0n) is 19.5. The van der Waals surface area contributed by atoms with Crippen molar-refractivity contribution in [3.63, 3.8) is 0 Å². The number of likely N-dealkylation sites (tertiary alicyclic amines) is 1. The number of aromatic nitrogens is 1. The fourth-order valence-corrected chi connectivity index (χ4v) is 5.71. The third-order valence-electron chi connectivity index (χ3n) is 7.64. The number of piperidine rings is 1. The Kier molecular flexibility index (Phi) is 6.49. The van der Waals surface area contributed by atoms with Gasteiger partial charge in [0, 0.05) is 56.9 Å². The standard InChI is InChI=1S/C26H34N4O3/c1-19-8-9-22(25(31)30-16-14-28(15-17-30)21-5-2-3-6-21)24(27-19)20-10-12-29(13-11-20)26(32)23-7-4-18-33-23/h4,7-9,18,20-21H,2-3,5-6,10-17H2,1H3. The quantitative estimate of drug-likeness (QED) is 0.710. The lowest BCUT2D eigenvalue weighted by Gasteiger charge is -2.38. The number of rotatable bonds is 4. The summed E-state index contributed by atoms with van der Waals surface area (Å²) in [5, 5.41) is 0. The molecule has 0 bridgehead atoms. The summed E-state index contributed by atoms with van der Waals surface area (Å²) in [6.45, 7) is 6.79. The van der Waals surface area contributed by atoms with Crippen LogP contribution >= 0.6 is 0 Å². The van der Waals surface area contributed by atoms with Crippen LogP contribution in [0.2, 0.25) is 0 Å². The van der Waals surface area contributed by atoms with Crippen LogP contribution in [0.1, 0.15) is 76.7 Å². The van der Waals surface area contributed by atoms with Gasteiger partial charge in [-0.2, -0.15) is 0 Å². The predicted molar refractivity (Wildman–Crippen MR) is 125 cm³/mol. The number of amides is 2. The molecule has 33 heavy (non-hydrogen) atoms. The summed E-state index contributed by atoms with van der Waals surface area (Å²) in [6, 6.07) is 8.07. The predicted octanol–water partition coefficient (Wildman–Crippen LogP) is 3.70. The van der Waals surface area contributed by atoms with Crippen molar-refractivity contribution in [2.45, 2.75) is 57.4 Å². The van der Waals surface area contributed by atoms with E-state index in [4.69, 9.17) is 9.40 Å². The molecule has 4 heterocycles. The van der Waals surface area contributed by atoms with E-state index in [0.717, 1.165) is 56.0 Å². The monoisotopic (exact) mass is 450 g/mol. The summed E-state index contributed by atoms with van der Waals surface area (Å²) in [5.74, 6) is 0.615. The fraction of sp³-hybridized carbons (Fsp3) is 0.577. The number of piperazine rings is 1. The van der Waals surface area contributed by atoms with Crippen LogP contribution in [0.3, 0.4) is 0 Å². The van der Waals surface area contributed by atoms with Gasteiger partial charge in [0.05, 0.1) is 17.5 Å². The molecule has 7 nitrogen and oxygen atoms in total. The van der Waals surface area contributed by atoms with E-state index in [2.05, 4.69) is 4.90 Å². The topological polar surface area (TPSA) is 69.9 Å². The zero-order valence-corrected chi connectivity index (χ0v) is 19.5. The SMILES string of the molecule is Cc1ccc(C(=O)N2CCN(C3CCCC3)CC2)c(C2CCN(C(=O)c3ccco3)CC2)n1. The second kappa shape index (κ2) is 9.67. The van der Waals surface area contributed by atoms with Crippen LogP contribution in [0, 0.1) is 6.92 Å². The van der Waals surface area contributed by atoms with E-state index in [-0.39, 0.29) is 17.7 Å². The Hall–Kier alpha value is -2.67. The Bertz CT molecular complexity index is 967. The van der Waals surface area contributed by atoms with E-state index in [9.17, 15) is 9.59 Å². The number of furan rings is 1. The summed E-state index contributed by atoms with van der Waals surface area (Å²) in [6.07, 6.45) is 8.43. The molecule has 0 unspecified atom stereocenters. The van der Waals surface area contributed by atoms with Gasteiger partial charge in [0.25, 0.3) is 11.8 Å². The number of carbonyl (C=O) groups is 2. The molecule has 0 atom stereocenters. The average molecular weight is 451 g/mol. The molecule has 2 aromatic rings. The van der Waals surface area contributed by atoms with Gasteiger partial charge in [-0.1, -0.05) is 12.8 Å². The van der Waals surface area contributed by atoms with Crippen LogP contribution in [0.4, 0.5) is 0 Å². The van der Waals surface area contributed by atoms with Gasteiger partial charge < -0.3 is 14.2 Å². The Morgan fingerprint density at radius 2 is 1.58 bits per heavy atom. The van der Waals surface area contributed by atoms with Crippen LogP contribution < -0.4 is 0 Å². The molecule has 0 radical (unpaired) electrons. The van der Waals surface area contributed by atoms with E-state index in [1.54, 1.807) is 12.1 Å². The van der Waals surface area contributed by atoms with Gasteiger partial charge in [-0.25, -0.2) is 0 Å². The molecule has 0 aromatic carbocycles.